The molecule has 0 amide bonds. The molecule has 5 aliphatic rings. The fourth-order valence-electron chi connectivity index (χ4n) is 7.17. The Morgan fingerprint density at radius 3 is 2.81 bits per heavy atom. The van der Waals surface area contributed by atoms with Gasteiger partial charge in [0.05, 0.1) is 0 Å². The first-order valence-electron chi connectivity index (χ1n) is 9.71. The molecule has 0 radical (unpaired) electrons. The third-order valence-corrected chi connectivity index (χ3v) is 8.12. The van der Waals surface area contributed by atoms with E-state index in [1.54, 1.807) is 25.7 Å². The standard InChI is InChI=1S/C21H30/c1-2-12-21(11-1)13-10-18-16(14-21)7-9-19-17-5-3-4-15(17)6-8-20(18)19/h1,7,11,15,17-20H,2-6,8-10,12-14H2. The number of hydrogen-bond donors (Lipinski definition) is 0. The third kappa shape index (κ3) is 1.93. The van der Waals surface area contributed by atoms with Gasteiger partial charge in [0.2, 0.25) is 0 Å². The Kier molecular flexibility index (Phi) is 2.92. The summed E-state index contributed by atoms with van der Waals surface area (Å²) in [7, 11) is 0. The minimum Gasteiger partial charge on any atom is -0.0879 e. The van der Waals surface area contributed by atoms with Crippen molar-refractivity contribution in [1.29, 1.82) is 0 Å². The van der Waals surface area contributed by atoms with Gasteiger partial charge in [0.25, 0.3) is 0 Å². The van der Waals surface area contributed by atoms with E-state index in [1.807, 2.05) is 5.57 Å². The predicted octanol–water partition coefficient (Wildman–Crippen LogP) is 5.90. The Hall–Kier alpha value is -0.520. The summed E-state index contributed by atoms with van der Waals surface area (Å²) in [6.45, 7) is 0. The van der Waals surface area contributed by atoms with E-state index in [1.165, 1.54) is 44.9 Å². The second kappa shape index (κ2) is 4.74. The minimum absolute atomic E-state index is 0.597. The highest BCUT2D eigenvalue weighted by atomic mass is 14.5. The predicted molar refractivity (Wildman–Crippen MR) is 87.9 cm³/mol. The Balaban J connectivity index is 1.41. The van der Waals surface area contributed by atoms with Crippen molar-refractivity contribution in [2.75, 3.05) is 0 Å². The molecule has 114 valence electrons. The molecule has 6 unspecified atom stereocenters. The van der Waals surface area contributed by atoms with E-state index in [-0.39, 0.29) is 0 Å². The number of rotatable bonds is 0. The van der Waals surface area contributed by atoms with Gasteiger partial charge in [-0.05, 0) is 92.8 Å². The normalized spacial score (nSPS) is 51.4. The molecular formula is C21H30. The van der Waals surface area contributed by atoms with Gasteiger partial charge in [0.15, 0.2) is 0 Å². The number of hydrogen-bond acceptors (Lipinski definition) is 0. The van der Waals surface area contributed by atoms with Crippen molar-refractivity contribution in [3.63, 3.8) is 0 Å². The molecule has 0 aromatic rings. The molecule has 0 nitrogen and oxygen atoms in total. The Morgan fingerprint density at radius 2 is 1.90 bits per heavy atom. The molecule has 3 saturated carbocycles. The van der Waals surface area contributed by atoms with Crippen molar-refractivity contribution < 1.29 is 0 Å². The van der Waals surface area contributed by atoms with Crippen LogP contribution in [0.3, 0.4) is 0 Å². The number of fused-ring (bicyclic) bond motifs is 5. The molecule has 0 heteroatoms. The van der Waals surface area contributed by atoms with E-state index in [0.29, 0.717) is 5.41 Å². The third-order valence-electron chi connectivity index (χ3n) is 8.12. The molecule has 0 N–H and O–H groups in total. The van der Waals surface area contributed by atoms with Crippen molar-refractivity contribution in [3.05, 3.63) is 23.8 Å². The topological polar surface area (TPSA) is 0 Å². The first-order chi connectivity index (χ1) is 10.3. The highest BCUT2D eigenvalue weighted by Gasteiger charge is 2.48. The van der Waals surface area contributed by atoms with Crippen LogP contribution in [-0.4, -0.2) is 0 Å². The van der Waals surface area contributed by atoms with Gasteiger partial charge in [-0.2, -0.15) is 0 Å². The molecule has 5 aliphatic carbocycles. The van der Waals surface area contributed by atoms with Crippen molar-refractivity contribution in [2.24, 2.45) is 35.0 Å². The van der Waals surface area contributed by atoms with E-state index in [0.717, 1.165) is 29.6 Å². The van der Waals surface area contributed by atoms with Crippen molar-refractivity contribution in [1.82, 2.24) is 0 Å². The molecular weight excluding hydrogens is 252 g/mol. The van der Waals surface area contributed by atoms with Gasteiger partial charge in [0.1, 0.15) is 0 Å². The fraction of sp³-hybridized carbons (Fsp3) is 0.810. The SMILES string of the molecule is C1=CC2(CC1)CCC1C(=CCC3C4CCCC4CCC13)C2. The first kappa shape index (κ1) is 13.0. The molecule has 6 atom stereocenters. The summed E-state index contributed by atoms with van der Waals surface area (Å²) >= 11 is 0. The summed E-state index contributed by atoms with van der Waals surface area (Å²) in [6.07, 6.45) is 24.2. The minimum atomic E-state index is 0.597. The van der Waals surface area contributed by atoms with Crippen LogP contribution in [0.4, 0.5) is 0 Å². The lowest BCUT2D eigenvalue weighted by Crippen LogP contribution is -2.41. The zero-order chi connectivity index (χ0) is 13.9. The van der Waals surface area contributed by atoms with E-state index in [4.69, 9.17) is 0 Å². The van der Waals surface area contributed by atoms with Gasteiger partial charge in [-0.3, -0.25) is 0 Å². The second-order valence-electron chi connectivity index (χ2n) is 8.90. The molecule has 0 aromatic carbocycles. The van der Waals surface area contributed by atoms with Crippen LogP contribution in [0.25, 0.3) is 0 Å². The van der Waals surface area contributed by atoms with E-state index in [2.05, 4.69) is 18.2 Å². The zero-order valence-electron chi connectivity index (χ0n) is 13.4. The lowest BCUT2D eigenvalue weighted by Gasteiger charge is -2.51. The van der Waals surface area contributed by atoms with Crippen LogP contribution in [0.2, 0.25) is 0 Å². The molecule has 0 aromatic heterocycles. The smallest absolute Gasteiger partial charge is 0.00778 e. The van der Waals surface area contributed by atoms with E-state index >= 15 is 0 Å². The molecule has 0 heterocycles. The maximum absolute atomic E-state index is 2.74. The van der Waals surface area contributed by atoms with E-state index < -0.39 is 0 Å². The zero-order valence-corrected chi connectivity index (χ0v) is 13.4. The molecule has 0 bridgehead atoms. The van der Waals surface area contributed by atoms with Crippen LogP contribution in [-0.2, 0) is 0 Å². The maximum Gasteiger partial charge on any atom is -0.00778 e. The largest absolute Gasteiger partial charge is 0.0879 e. The van der Waals surface area contributed by atoms with Crippen LogP contribution >= 0.6 is 0 Å². The van der Waals surface area contributed by atoms with Gasteiger partial charge in [-0.1, -0.05) is 36.6 Å². The van der Waals surface area contributed by atoms with Crippen LogP contribution in [0.1, 0.15) is 70.6 Å². The van der Waals surface area contributed by atoms with E-state index in [9.17, 15) is 0 Å². The van der Waals surface area contributed by atoms with Crippen LogP contribution in [0, 0.1) is 35.0 Å². The van der Waals surface area contributed by atoms with Crippen molar-refractivity contribution in [3.8, 4) is 0 Å². The molecule has 5 rings (SSSR count). The Bertz CT molecular complexity index is 484. The summed E-state index contributed by atoms with van der Waals surface area (Å²) in [5.41, 5.74) is 2.49. The van der Waals surface area contributed by atoms with Crippen LogP contribution in [0.15, 0.2) is 23.8 Å². The highest BCUT2D eigenvalue weighted by Crippen LogP contribution is 2.59. The van der Waals surface area contributed by atoms with Crippen LogP contribution < -0.4 is 0 Å². The van der Waals surface area contributed by atoms with Gasteiger partial charge in [0, 0.05) is 0 Å². The van der Waals surface area contributed by atoms with Crippen molar-refractivity contribution in [2.45, 2.75) is 70.6 Å². The quantitative estimate of drug-likeness (QED) is 0.485. The summed E-state index contributed by atoms with van der Waals surface area (Å²) in [5.74, 6) is 5.38. The maximum atomic E-state index is 2.74. The van der Waals surface area contributed by atoms with Gasteiger partial charge >= 0.3 is 0 Å². The summed E-state index contributed by atoms with van der Waals surface area (Å²) in [6, 6.07) is 0. The Morgan fingerprint density at radius 1 is 0.905 bits per heavy atom. The molecule has 21 heavy (non-hydrogen) atoms. The number of allylic oxidation sites excluding steroid dienone is 4. The van der Waals surface area contributed by atoms with Crippen LogP contribution in [0.5, 0.6) is 0 Å². The summed E-state index contributed by atoms with van der Waals surface area (Å²) < 4.78 is 0. The van der Waals surface area contributed by atoms with Gasteiger partial charge < -0.3 is 0 Å². The monoisotopic (exact) mass is 282 g/mol. The molecule has 3 fully saturated rings. The second-order valence-corrected chi connectivity index (χ2v) is 8.90. The Labute approximate surface area is 130 Å². The molecule has 0 aliphatic heterocycles. The van der Waals surface area contributed by atoms with Gasteiger partial charge in [-0.15, -0.1) is 0 Å². The van der Waals surface area contributed by atoms with Gasteiger partial charge in [-0.25, -0.2) is 0 Å². The molecule has 1 spiro atoms. The molecule has 0 saturated heterocycles. The fourth-order valence-corrected chi connectivity index (χ4v) is 7.17. The average molecular weight is 282 g/mol. The highest BCUT2D eigenvalue weighted by molar-refractivity contribution is 5.24. The average Bonchev–Trinajstić information content (AvgIpc) is 3.16. The lowest BCUT2D eigenvalue weighted by atomic mass is 9.54. The lowest BCUT2D eigenvalue weighted by molar-refractivity contribution is 0.0525. The summed E-state index contributed by atoms with van der Waals surface area (Å²) in [5, 5.41) is 0. The summed E-state index contributed by atoms with van der Waals surface area (Å²) in [4.78, 5) is 0. The van der Waals surface area contributed by atoms with Crippen molar-refractivity contribution >= 4 is 0 Å². The first-order valence-corrected chi connectivity index (χ1v) is 9.71.